The number of hydrogen-bond donors (Lipinski definition) is 1. The van der Waals surface area contributed by atoms with E-state index in [0.717, 1.165) is 12.0 Å². The molecule has 5 nitrogen and oxygen atoms in total. The summed E-state index contributed by atoms with van der Waals surface area (Å²) >= 11 is 0. The molecule has 1 aliphatic heterocycles. The lowest BCUT2D eigenvalue weighted by Gasteiger charge is -2.25. The summed E-state index contributed by atoms with van der Waals surface area (Å²) in [5.74, 6) is -1.77. The molecule has 1 atom stereocenters. The number of hydrogen-bond acceptors (Lipinski definition) is 4. The number of aliphatic hydroxyl groups is 1. The van der Waals surface area contributed by atoms with Gasteiger partial charge in [-0.25, -0.2) is 4.39 Å². The summed E-state index contributed by atoms with van der Waals surface area (Å²) in [6, 6.07) is 18.7. The lowest BCUT2D eigenvalue weighted by molar-refractivity contribution is -0.132. The van der Waals surface area contributed by atoms with Crippen LogP contribution in [0.1, 0.15) is 36.1 Å². The summed E-state index contributed by atoms with van der Waals surface area (Å²) in [7, 11) is 0. The third kappa shape index (κ3) is 4.37. The first-order valence-electron chi connectivity index (χ1n) is 10.8. The minimum absolute atomic E-state index is 0.0254. The van der Waals surface area contributed by atoms with Crippen molar-refractivity contribution in [2.75, 3.05) is 11.5 Å². The summed E-state index contributed by atoms with van der Waals surface area (Å²) in [4.78, 5) is 27.6. The SMILES string of the molecule is CCCOc1cccc(/C(O)=C2/C(=O)C(=O)N(c3ccc(F)cc3)C2c2cccc(C)c2)c1. The number of amides is 1. The number of rotatable bonds is 6. The maximum Gasteiger partial charge on any atom is 0.300 e. The quantitative estimate of drug-likeness (QED) is 0.307. The third-order valence-electron chi connectivity index (χ3n) is 5.49. The molecule has 1 N–H and O–H groups in total. The van der Waals surface area contributed by atoms with Crippen LogP contribution >= 0.6 is 0 Å². The van der Waals surface area contributed by atoms with Crippen molar-refractivity contribution in [3.63, 3.8) is 0 Å². The molecule has 1 heterocycles. The van der Waals surface area contributed by atoms with Gasteiger partial charge in [-0.15, -0.1) is 0 Å². The van der Waals surface area contributed by atoms with Crippen molar-refractivity contribution in [2.24, 2.45) is 0 Å². The molecule has 33 heavy (non-hydrogen) atoms. The number of aryl methyl sites for hydroxylation is 1. The highest BCUT2D eigenvalue weighted by Gasteiger charge is 2.47. The van der Waals surface area contributed by atoms with Crippen LogP contribution < -0.4 is 9.64 Å². The Morgan fingerprint density at radius 2 is 1.76 bits per heavy atom. The van der Waals surface area contributed by atoms with Crippen molar-refractivity contribution >= 4 is 23.1 Å². The van der Waals surface area contributed by atoms with Gasteiger partial charge in [0.15, 0.2) is 0 Å². The second kappa shape index (κ2) is 9.28. The van der Waals surface area contributed by atoms with Crippen LogP contribution in [-0.2, 0) is 9.59 Å². The molecule has 0 aromatic heterocycles. The Labute approximate surface area is 191 Å². The number of benzene rings is 3. The van der Waals surface area contributed by atoms with Gasteiger partial charge in [-0.2, -0.15) is 0 Å². The molecule has 1 aliphatic rings. The van der Waals surface area contributed by atoms with E-state index in [0.29, 0.717) is 29.2 Å². The second-order valence-corrected chi connectivity index (χ2v) is 7.94. The van der Waals surface area contributed by atoms with E-state index < -0.39 is 23.5 Å². The van der Waals surface area contributed by atoms with E-state index in [2.05, 4.69) is 0 Å². The molecule has 3 aromatic rings. The van der Waals surface area contributed by atoms with Gasteiger partial charge in [0, 0.05) is 11.3 Å². The van der Waals surface area contributed by atoms with E-state index in [-0.39, 0.29) is 11.3 Å². The average Bonchev–Trinajstić information content (AvgIpc) is 3.08. The van der Waals surface area contributed by atoms with E-state index in [1.807, 2.05) is 32.0 Å². The molecule has 0 saturated carbocycles. The van der Waals surface area contributed by atoms with Crippen molar-refractivity contribution in [1.82, 2.24) is 0 Å². The lowest BCUT2D eigenvalue weighted by atomic mass is 9.94. The summed E-state index contributed by atoms with van der Waals surface area (Å²) < 4.78 is 19.2. The molecule has 6 heteroatoms. The number of ether oxygens (including phenoxy) is 1. The Balaban J connectivity index is 1.89. The maximum atomic E-state index is 13.5. The van der Waals surface area contributed by atoms with Gasteiger partial charge in [0.2, 0.25) is 0 Å². The fourth-order valence-corrected chi connectivity index (χ4v) is 3.96. The van der Waals surface area contributed by atoms with Crippen LogP contribution in [0, 0.1) is 12.7 Å². The van der Waals surface area contributed by atoms with Crippen LogP contribution in [0.4, 0.5) is 10.1 Å². The second-order valence-electron chi connectivity index (χ2n) is 7.94. The fraction of sp³-hybridized carbons (Fsp3) is 0.185. The molecule has 0 bridgehead atoms. The van der Waals surface area contributed by atoms with Gasteiger partial charge in [0.05, 0.1) is 18.2 Å². The van der Waals surface area contributed by atoms with Crippen LogP contribution in [0.15, 0.2) is 78.4 Å². The van der Waals surface area contributed by atoms with Crippen LogP contribution in [0.3, 0.4) is 0 Å². The van der Waals surface area contributed by atoms with Crippen LogP contribution in [0.25, 0.3) is 5.76 Å². The Hall–Kier alpha value is -3.93. The first-order chi connectivity index (χ1) is 15.9. The van der Waals surface area contributed by atoms with Crippen molar-refractivity contribution in [1.29, 1.82) is 0 Å². The molecule has 1 saturated heterocycles. The zero-order chi connectivity index (χ0) is 23.5. The molecular weight excluding hydrogens is 421 g/mol. The van der Waals surface area contributed by atoms with Gasteiger partial charge in [0.25, 0.3) is 11.7 Å². The van der Waals surface area contributed by atoms with Gasteiger partial charge >= 0.3 is 0 Å². The predicted octanol–water partition coefficient (Wildman–Crippen LogP) is 5.55. The topological polar surface area (TPSA) is 66.8 Å². The lowest BCUT2D eigenvalue weighted by Crippen LogP contribution is -2.29. The highest BCUT2D eigenvalue weighted by atomic mass is 19.1. The van der Waals surface area contributed by atoms with Crippen molar-refractivity contribution in [2.45, 2.75) is 26.3 Å². The summed E-state index contributed by atoms with van der Waals surface area (Å²) in [5, 5.41) is 11.2. The first-order valence-corrected chi connectivity index (χ1v) is 10.8. The van der Waals surface area contributed by atoms with Crippen molar-refractivity contribution in [3.05, 3.63) is 101 Å². The molecule has 0 spiro atoms. The molecule has 0 aliphatic carbocycles. The van der Waals surface area contributed by atoms with Gasteiger partial charge in [-0.3, -0.25) is 14.5 Å². The minimum atomic E-state index is -0.865. The minimum Gasteiger partial charge on any atom is -0.507 e. The van der Waals surface area contributed by atoms with Gasteiger partial charge in [0.1, 0.15) is 17.3 Å². The number of aliphatic hydroxyl groups excluding tert-OH is 1. The number of nitrogens with zero attached hydrogens (tertiary/aromatic N) is 1. The highest BCUT2D eigenvalue weighted by Crippen LogP contribution is 2.42. The molecule has 168 valence electrons. The van der Waals surface area contributed by atoms with Gasteiger partial charge < -0.3 is 9.84 Å². The fourth-order valence-electron chi connectivity index (χ4n) is 3.96. The molecule has 1 unspecified atom stereocenters. The van der Waals surface area contributed by atoms with E-state index in [9.17, 15) is 19.1 Å². The van der Waals surface area contributed by atoms with E-state index in [1.54, 1.807) is 30.3 Å². The molecule has 3 aromatic carbocycles. The zero-order valence-electron chi connectivity index (χ0n) is 18.4. The van der Waals surface area contributed by atoms with Crippen LogP contribution in [0.2, 0.25) is 0 Å². The number of carbonyl (C=O) groups is 2. The smallest absolute Gasteiger partial charge is 0.300 e. The van der Waals surface area contributed by atoms with E-state index >= 15 is 0 Å². The highest BCUT2D eigenvalue weighted by molar-refractivity contribution is 6.51. The average molecular weight is 445 g/mol. The Morgan fingerprint density at radius 1 is 1.03 bits per heavy atom. The first kappa shape index (κ1) is 22.3. The van der Waals surface area contributed by atoms with Crippen LogP contribution in [0.5, 0.6) is 5.75 Å². The largest absolute Gasteiger partial charge is 0.507 e. The maximum absolute atomic E-state index is 13.5. The molecular formula is C27H24FNO4. The van der Waals surface area contributed by atoms with Gasteiger partial charge in [-0.1, -0.05) is 48.9 Å². The summed E-state index contributed by atoms with van der Waals surface area (Å²) in [6.07, 6.45) is 0.826. The van der Waals surface area contributed by atoms with Crippen LogP contribution in [-0.4, -0.2) is 23.4 Å². The Morgan fingerprint density at radius 3 is 2.45 bits per heavy atom. The number of carbonyl (C=O) groups excluding carboxylic acids is 2. The van der Waals surface area contributed by atoms with E-state index in [4.69, 9.17) is 4.74 Å². The predicted molar refractivity (Wildman–Crippen MR) is 125 cm³/mol. The standard InChI is InChI=1S/C27H24FNO4/c1-3-14-33-22-9-5-8-19(16-22)25(30)23-24(18-7-4-6-17(2)15-18)29(27(32)26(23)31)21-12-10-20(28)11-13-21/h4-13,15-16,24,30H,3,14H2,1-2H3/b25-23-. The van der Waals surface area contributed by atoms with E-state index in [1.165, 1.54) is 29.2 Å². The monoisotopic (exact) mass is 445 g/mol. The summed E-state index contributed by atoms with van der Waals surface area (Å²) in [6.45, 7) is 4.41. The van der Waals surface area contributed by atoms with Gasteiger partial charge in [-0.05, 0) is 55.3 Å². The van der Waals surface area contributed by atoms with Crippen molar-refractivity contribution < 1.29 is 23.8 Å². The van der Waals surface area contributed by atoms with Crippen molar-refractivity contribution in [3.8, 4) is 5.75 Å². The normalized spacial score (nSPS) is 17.4. The summed E-state index contributed by atoms with van der Waals surface area (Å²) in [5.41, 5.74) is 2.32. The Bertz CT molecular complexity index is 1230. The zero-order valence-corrected chi connectivity index (χ0v) is 18.4. The molecule has 1 amide bonds. The number of halogens is 1. The number of Topliss-reactive ketones (excluding diaryl/α,β-unsaturated/α-hetero) is 1. The Kier molecular flexibility index (Phi) is 6.27. The molecule has 0 radical (unpaired) electrons. The third-order valence-corrected chi connectivity index (χ3v) is 5.49. The molecule has 1 fully saturated rings. The molecule has 4 rings (SSSR count). The number of anilines is 1. The number of ketones is 1.